The monoisotopic (exact) mass is 275 g/mol. The molecule has 1 aromatic carbocycles. The zero-order valence-electron chi connectivity index (χ0n) is 10.2. The topological polar surface area (TPSA) is 181 Å². The SMILES string of the molecule is CN.CN.O=[N+]([O-])c1cc([N+](=O)[O-])cc([N+](=O)[O-])c1. The molecule has 19 heavy (non-hydrogen) atoms. The molecule has 0 heterocycles. The Morgan fingerprint density at radius 2 is 0.842 bits per heavy atom. The quantitative estimate of drug-likeness (QED) is 0.592. The lowest BCUT2D eigenvalue weighted by Crippen LogP contribution is -1.96. The van der Waals surface area contributed by atoms with Gasteiger partial charge in [-0.15, -0.1) is 0 Å². The second-order valence-electron chi connectivity index (χ2n) is 2.48. The molecule has 0 aromatic heterocycles. The summed E-state index contributed by atoms with van der Waals surface area (Å²) in [5, 5.41) is 30.9. The number of hydrogen-bond acceptors (Lipinski definition) is 8. The van der Waals surface area contributed by atoms with Crippen molar-refractivity contribution in [2.24, 2.45) is 11.5 Å². The molecule has 0 aliphatic heterocycles. The molecule has 0 saturated carbocycles. The van der Waals surface area contributed by atoms with Crippen molar-refractivity contribution in [2.75, 3.05) is 14.1 Å². The Hall–Kier alpha value is -2.66. The number of rotatable bonds is 3. The van der Waals surface area contributed by atoms with Crippen LogP contribution in [-0.2, 0) is 0 Å². The van der Waals surface area contributed by atoms with Crippen molar-refractivity contribution in [1.82, 2.24) is 0 Å². The van der Waals surface area contributed by atoms with Gasteiger partial charge in [0.15, 0.2) is 0 Å². The van der Waals surface area contributed by atoms with Gasteiger partial charge in [-0.05, 0) is 14.1 Å². The first-order valence-electron chi connectivity index (χ1n) is 4.65. The third kappa shape index (κ3) is 5.99. The summed E-state index contributed by atoms with van der Waals surface area (Å²) in [6, 6.07) is 1.98. The molecule has 106 valence electrons. The van der Waals surface area contributed by atoms with Crippen molar-refractivity contribution in [3.63, 3.8) is 0 Å². The highest BCUT2D eigenvalue weighted by Crippen LogP contribution is 2.26. The number of non-ortho nitro benzene ring substituents is 3. The van der Waals surface area contributed by atoms with E-state index in [2.05, 4.69) is 11.5 Å². The van der Waals surface area contributed by atoms with Gasteiger partial charge in [-0.2, -0.15) is 0 Å². The number of nitro groups is 3. The molecule has 0 radical (unpaired) electrons. The normalized spacial score (nSPS) is 8.21. The van der Waals surface area contributed by atoms with E-state index in [0.29, 0.717) is 18.2 Å². The fourth-order valence-electron chi connectivity index (χ4n) is 0.896. The molecule has 0 fully saturated rings. The van der Waals surface area contributed by atoms with E-state index >= 15 is 0 Å². The molecular formula is C8H13N5O6. The van der Waals surface area contributed by atoms with E-state index in [9.17, 15) is 30.3 Å². The van der Waals surface area contributed by atoms with E-state index in [1.807, 2.05) is 0 Å². The molecule has 0 atom stereocenters. The summed E-state index contributed by atoms with van der Waals surface area (Å²) in [6.07, 6.45) is 0. The van der Waals surface area contributed by atoms with Gasteiger partial charge in [-0.1, -0.05) is 0 Å². The Morgan fingerprint density at radius 3 is 0.947 bits per heavy atom. The number of nitrogens with zero attached hydrogens (tertiary/aromatic N) is 3. The first-order chi connectivity index (χ1) is 8.91. The van der Waals surface area contributed by atoms with E-state index in [4.69, 9.17) is 0 Å². The first-order valence-corrected chi connectivity index (χ1v) is 4.65. The maximum Gasteiger partial charge on any atom is 0.283 e. The molecule has 1 rings (SSSR count). The number of benzene rings is 1. The van der Waals surface area contributed by atoms with Gasteiger partial charge in [-0.3, -0.25) is 30.3 Å². The zero-order valence-corrected chi connectivity index (χ0v) is 10.2. The summed E-state index contributed by atoms with van der Waals surface area (Å²) in [4.78, 5) is 28.1. The van der Waals surface area contributed by atoms with Gasteiger partial charge in [-0.25, -0.2) is 0 Å². The summed E-state index contributed by atoms with van der Waals surface area (Å²) in [5.41, 5.74) is 6.95. The third-order valence-corrected chi connectivity index (χ3v) is 1.52. The molecule has 0 bridgehead atoms. The summed E-state index contributed by atoms with van der Waals surface area (Å²) in [7, 11) is 3.00. The van der Waals surface area contributed by atoms with Crippen LogP contribution in [0.1, 0.15) is 0 Å². The fourth-order valence-corrected chi connectivity index (χ4v) is 0.896. The average Bonchev–Trinajstić information content (AvgIpc) is 2.42. The second-order valence-corrected chi connectivity index (χ2v) is 2.48. The van der Waals surface area contributed by atoms with Crippen molar-refractivity contribution < 1.29 is 14.8 Å². The zero-order chi connectivity index (χ0) is 15.6. The van der Waals surface area contributed by atoms with Crippen LogP contribution in [0.25, 0.3) is 0 Å². The largest absolute Gasteiger partial charge is 0.333 e. The Labute approximate surface area is 107 Å². The average molecular weight is 275 g/mol. The van der Waals surface area contributed by atoms with E-state index in [1.54, 1.807) is 0 Å². The van der Waals surface area contributed by atoms with Crippen molar-refractivity contribution in [3.05, 3.63) is 48.5 Å². The minimum atomic E-state index is -0.931. The molecule has 0 spiro atoms. The van der Waals surface area contributed by atoms with E-state index in [-0.39, 0.29) is 0 Å². The molecule has 0 amide bonds. The molecule has 0 aliphatic carbocycles. The summed E-state index contributed by atoms with van der Waals surface area (Å²) in [6.45, 7) is 0. The molecular weight excluding hydrogens is 262 g/mol. The van der Waals surface area contributed by atoms with Gasteiger partial charge in [0.2, 0.25) is 0 Å². The second kappa shape index (κ2) is 9.38. The van der Waals surface area contributed by atoms with Crippen molar-refractivity contribution in [2.45, 2.75) is 0 Å². The van der Waals surface area contributed by atoms with E-state index in [1.165, 1.54) is 14.1 Å². The Balaban J connectivity index is 0. The van der Waals surface area contributed by atoms with Crippen molar-refractivity contribution in [3.8, 4) is 0 Å². The highest BCUT2D eigenvalue weighted by Gasteiger charge is 2.21. The lowest BCUT2D eigenvalue weighted by molar-refractivity contribution is -0.403. The van der Waals surface area contributed by atoms with Crippen molar-refractivity contribution in [1.29, 1.82) is 0 Å². The Bertz CT molecular complexity index is 384. The maximum atomic E-state index is 10.3. The lowest BCUT2D eigenvalue weighted by atomic mass is 10.2. The summed E-state index contributed by atoms with van der Waals surface area (Å²) >= 11 is 0. The van der Waals surface area contributed by atoms with Gasteiger partial charge in [0.25, 0.3) is 17.1 Å². The van der Waals surface area contributed by atoms with Gasteiger partial charge in [0.05, 0.1) is 33.0 Å². The van der Waals surface area contributed by atoms with Crippen LogP contribution in [0, 0.1) is 30.3 Å². The van der Waals surface area contributed by atoms with Crippen LogP contribution in [-0.4, -0.2) is 28.9 Å². The summed E-state index contributed by atoms with van der Waals surface area (Å²) in [5.74, 6) is 0. The smallest absolute Gasteiger partial charge is 0.283 e. The Kier molecular flexibility index (Phi) is 9.23. The minimum absolute atomic E-state index is 0.660. The molecule has 1 aromatic rings. The standard InChI is InChI=1S/C6H3N3O6.2CH5N/c10-7(11)4-1-5(8(12)13)3-6(2-4)9(14)15;2*1-2/h1-3H;2*2H2,1H3. The predicted octanol–water partition coefficient (Wildman–Crippen LogP) is 0.561. The first kappa shape index (κ1) is 18.7. The van der Waals surface area contributed by atoms with Crippen LogP contribution < -0.4 is 11.5 Å². The molecule has 4 N–H and O–H groups in total. The molecule has 11 heteroatoms. The van der Waals surface area contributed by atoms with E-state index < -0.39 is 31.8 Å². The number of nitrogens with two attached hydrogens (primary N) is 2. The fraction of sp³-hybridized carbons (Fsp3) is 0.250. The molecule has 0 saturated heterocycles. The van der Waals surface area contributed by atoms with E-state index in [0.717, 1.165) is 0 Å². The van der Waals surface area contributed by atoms with Crippen LogP contribution in [0.5, 0.6) is 0 Å². The highest BCUT2D eigenvalue weighted by molar-refractivity contribution is 5.52. The van der Waals surface area contributed by atoms with Crippen LogP contribution >= 0.6 is 0 Å². The van der Waals surface area contributed by atoms with Gasteiger partial charge in [0.1, 0.15) is 0 Å². The van der Waals surface area contributed by atoms with Gasteiger partial charge in [0, 0.05) is 0 Å². The lowest BCUT2D eigenvalue weighted by Gasteiger charge is -1.93. The maximum absolute atomic E-state index is 10.3. The molecule has 0 unspecified atom stereocenters. The van der Waals surface area contributed by atoms with Crippen molar-refractivity contribution >= 4 is 17.1 Å². The van der Waals surface area contributed by atoms with Gasteiger partial charge < -0.3 is 11.5 Å². The Morgan fingerprint density at radius 1 is 0.684 bits per heavy atom. The summed E-state index contributed by atoms with van der Waals surface area (Å²) < 4.78 is 0. The minimum Gasteiger partial charge on any atom is -0.333 e. The predicted molar refractivity (Wildman–Crippen MR) is 66.6 cm³/mol. The van der Waals surface area contributed by atoms with Crippen LogP contribution in [0.2, 0.25) is 0 Å². The molecule has 11 nitrogen and oxygen atoms in total. The molecule has 0 aliphatic rings. The van der Waals surface area contributed by atoms with Crippen LogP contribution in [0.4, 0.5) is 17.1 Å². The van der Waals surface area contributed by atoms with Crippen LogP contribution in [0.15, 0.2) is 18.2 Å². The number of hydrogen-bond donors (Lipinski definition) is 2. The number of nitro benzene ring substituents is 3. The van der Waals surface area contributed by atoms with Crippen LogP contribution in [0.3, 0.4) is 0 Å². The van der Waals surface area contributed by atoms with Gasteiger partial charge >= 0.3 is 0 Å². The highest BCUT2D eigenvalue weighted by atomic mass is 16.6. The third-order valence-electron chi connectivity index (χ3n) is 1.52.